The van der Waals surface area contributed by atoms with Crippen molar-refractivity contribution in [2.75, 3.05) is 31.2 Å². The molecule has 6 nitrogen and oxygen atoms in total. The van der Waals surface area contributed by atoms with Gasteiger partial charge in [0, 0.05) is 30.7 Å². The molecule has 0 unspecified atom stereocenters. The van der Waals surface area contributed by atoms with Gasteiger partial charge in [-0.1, -0.05) is 0 Å². The smallest absolute Gasteiger partial charge is 0.141 e. The predicted molar refractivity (Wildman–Crippen MR) is 95.3 cm³/mol. The summed E-state index contributed by atoms with van der Waals surface area (Å²) in [6.45, 7) is 2.19. The van der Waals surface area contributed by atoms with Crippen LogP contribution in [0.25, 0.3) is 21.9 Å². The quantitative estimate of drug-likeness (QED) is 0.747. The first-order chi connectivity index (χ1) is 12.3. The van der Waals surface area contributed by atoms with E-state index in [4.69, 9.17) is 0 Å². The Hall–Kier alpha value is -2.72. The summed E-state index contributed by atoms with van der Waals surface area (Å²) in [5, 5.41) is 14.5. The fourth-order valence-electron chi connectivity index (χ4n) is 3.64. The first-order valence-corrected chi connectivity index (χ1v) is 8.51. The second-order valence-electron chi connectivity index (χ2n) is 6.29. The van der Waals surface area contributed by atoms with Crippen molar-refractivity contribution in [2.45, 2.75) is 18.9 Å². The highest BCUT2D eigenvalue weighted by Gasteiger charge is 2.25. The third-order valence-electron chi connectivity index (χ3n) is 4.79. The van der Waals surface area contributed by atoms with Crippen molar-refractivity contribution >= 4 is 27.6 Å². The zero-order valence-corrected chi connectivity index (χ0v) is 13.8. The highest BCUT2D eigenvalue weighted by molar-refractivity contribution is 6.12. The van der Waals surface area contributed by atoms with Crippen LogP contribution in [0.4, 0.5) is 10.1 Å². The number of aromatic nitrogens is 3. The number of fused-ring (bicyclic) bond motifs is 3. The molecule has 0 radical (unpaired) electrons. The fraction of sp³-hybridized carbons (Fsp3) is 0.389. The first kappa shape index (κ1) is 15.8. The normalized spacial score (nSPS) is 17.2. The minimum atomic E-state index is -0.332. The lowest BCUT2D eigenvalue weighted by molar-refractivity contribution is 0.463. The number of nitrogens with one attached hydrogen (secondary N) is 2. The molecule has 0 saturated carbocycles. The van der Waals surface area contributed by atoms with E-state index >= 15 is 0 Å². The molecule has 1 aliphatic rings. The van der Waals surface area contributed by atoms with Crippen molar-refractivity contribution in [3.63, 3.8) is 0 Å². The van der Waals surface area contributed by atoms with Crippen molar-refractivity contribution < 1.29 is 4.39 Å². The largest absolute Gasteiger partial charge is 0.366 e. The SMILES string of the molecule is N#Cc1cc2c(cn1)[nH]c1nccc(N(CCCF)[C@H]3CCNC3)c12. The van der Waals surface area contributed by atoms with Gasteiger partial charge in [0.2, 0.25) is 0 Å². The second kappa shape index (κ2) is 6.65. The Morgan fingerprint density at radius 2 is 2.32 bits per heavy atom. The number of rotatable bonds is 5. The second-order valence-corrected chi connectivity index (χ2v) is 6.29. The Bertz CT molecular complexity index is 938. The van der Waals surface area contributed by atoms with E-state index in [9.17, 15) is 9.65 Å². The van der Waals surface area contributed by atoms with Crippen LogP contribution in [0.3, 0.4) is 0 Å². The molecular formula is C18H19FN6. The Balaban J connectivity index is 1.90. The van der Waals surface area contributed by atoms with Crippen LogP contribution < -0.4 is 10.2 Å². The third kappa shape index (κ3) is 2.79. The summed E-state index contributed by atoms with van der Waals surface area (Å²) < 4.78 is 12.9. The van der Waals surface area contributed by atoms with Crippen molar-refractivity contribution in [2.24, 2.45) is 0 Å². The minimum Gasteiger partial charge on any atom is -0.366 e. The average molecular weight is 338 g/mol. The number of anilines is 1. The predicted octanol–water partition coefficient (Wildman–Crippen LogP) is 2.51. The molecule has 0 aliphatic carbocycles. The first-order valence-electron chi connectivity index (χ1n) is 8.51. The van der Waals surface area contributed by atoms with Gasteiger partial charge in [0.15, 0.2) is 0 Å². The molecule has 2 N–H and O–H groups in total. The molecule has 3 aromatic heterocycles. The number of H-pyrrole nitrogens is 1. The van der Waals surface area contributed by atoms with Crippen molar-refractivity contribution in [1.29, 1.82) is 5.26 Å². The van der Waals surface area contributed by atoms with Crippen LogP contribution in [-0.2, 0) is 0 Å². The average Bonchev–Trinajstić information content (AvgIpc) is 3.29. The number of hydrogen-bond donors (Lipinski definition) is 2. The maximum atomic E-state index is 12.9. The standard InChI is InChI=1S/C18H19FN6/c19-4-1-7-25(13-2-5-21-10-13)16-3-6-22-18-17(16)14-8-12(9-20)23-11-15(14)24-18/h3,6,8,11,13,21H,1-2,4-5,7,10H2,(H,22,24)/t13-/m0/s1. The van der Waals surface area contributed by atoms with Gasteiger partial charge in [-0.3, -0.25) is 4.39 Å². The van der Waals surface area contributed by atoms with E-state index < -0.39 is 0 Å². The van der Waals surface area contributed by atoms with E-state index in [1.54, 1.807) is 18.5 Å². The molecule has 1 aliphatic heterocycles. The lowest BCUT2D eigenvalue weighted by atomic mass is 10.1. The Labute approximate surface area is 144 Å². The minimum absolute atomic E-state index is 0.332. The van der Waals surface area contributed by atoms with Crippen LogP contribution >= 0.6 is 0 Å². The molecule has 0 aromatic carbocycles. The molecule has 4 rings (SSSR count). The fourth-order valence-corrected chi connectivity index (χ4v) is 3.64. The number of nitrogens with zero attached hydrogens (tertiary/aromatic N) is 4. The Morgan fingerprint density at radius 3 is 3.08 bits per heavy atom. The van der Waals surface area contributed by atoms with Crippen LogP contribution in [0, 0.1) is 11.3 Å². The molecule has 1 atom stereocenters. The molecule has 0 spiro atoms. The van der Waals surface area contributed by atoms with Crippen LogP contribution in [0.1, 0.15) is 18.5 Å². The monoisotopic (exact) mass is 338 g/mol. The molecule has 128 valence electrons. The van der Waals surface area contributed by atoms with E-state index in [1.807, 2.05) is 6.07 Å². The maximum absolute atomic E-state index is 12.9. The van der Waals surface area contributed by atoms with Gasteiger partial charge in [-0.05, 0) is 31.5 Å². The van der Waals surface area contributed by atoms with E-state index in [-0.39, 0.29) is 6.67 Å². The van der Waals surface area contributed by atoms with Crippen molar-refractivity contribution in [3.8, 4) is 6.07 Å². The van der Waals surface area contributed by atoms with Gasteiger partial charge >= 0.3 is 0 Å². The summed E-state index contributed by atoms with van der Waals surface area (Å²) in [6, 6.07) is 6.20. The topological polar surface area (TPSA) is 80.6 Å². The molecule has 7 heteroatoms. The van der Waals surface area contributed by atoms with E-state index in [2.05, 4.69) is 31.2 Å². The number of alkyl halides is 1. The molecule has 4 heterocycles. The van der Waals surface area contributed by atoms with E-state index in [1.165, 1.54) is 0 Å². The van der Waals surface area contributed by atoms with Gasteiger partial charge in [-0.2, -0.15) is 5.26 Å². The van der Waals surface area contributed by atoms with Crippen molar-refractivity contribution in [1.82, 2.24) is 20.3 Å². The van der Waals surface area contributed by atoms with Gasteiger partial charge in [0.05, 0.1) is 29.5 Å². The van der Waals surface area contributed by atoms with Gasteiger partial charge in [-0.25, -0.2) is 9.97 Å². The number of hydrogen-bond acceptors (Lipinski definition) is 5. The highest BCUT2D eigenvalue weighted by Crippen LogP contribution is 2.34. The summed E-state index contributed by atoms with van der Waals surface area (Å²) >= 11 is 0. The van der Waals surface area contributed by atoms with Crippen LogP contribution in [0.5, 0.6) is 0 Å². The summed E-state index contributed by atoms with van der Waals surface area (Å²) in [5.74, 6) is 0. The summed E-state index contributed by atoms with van der Waals surface area (Å²) in [7, 11) is 0. The number of pyridine rings is 2. The molecule has 25 heavy (non-hydrogen) atoms. The number of halogens is 1. The summed E-state index contributed by atoms with van der Waals surface area (Å²) in [5.41, 5.74) is 3.03. The summed E-state index contributed by atoms with van der Waals surface area (Å²) in [4.78, 5) is 14.1. The number of nitriles is 1. The van der Waals surface area contributed by atoms with E-state index in [0.717, 1.165) is 47.1 Å². The zero-order valence-electron chi connectivity index (χ0n) is 13.8. The van der Waals surface area contributed by atoms with Crippen molar-refractivity contribution in [3.05, 3.63) is 30.2 Å². The summed E-state index contributed by atoms with van der Waals surface area (Å²) in [6.07, 6.45) is 4.97. The molecule has 3 aromatic rings. The number of aromatic amines is 1. The molecule has 0 bridgehead atoms. The Morgan fingerprint density at radius 1 is 1.40 bits per heavy atom. The molecular weight excluding hydrogens is 319 g/mol. The van der Waals surface area contributed by atoms with Gasteiger partial charge in [0.25, 0.3) is 0 Å². The van der Waals surface area contributed by atoms with Crippen LogP contribution in [-0.4, -0.2) is 47.3 Å². The highest BCUT2D eigenvalue weighted by atomic mass is 19.1. The van der Waals surface area contributed by atoms with Crippen LogP contribution in [0.15, 0.2) is 24.5 Å². The zero-order chi connectivity index (χ0) is 17.2. The maximum Gasteiger partial charge on any atom is 0.141 e. The lowest BCUT2D eigenvalue weighted by Gasteiger charge is -2.31. The van der Waals surface area contributed by atoms with Gasteiger partial charge in [-0.15, -0.1) is 0 Å². The molecule has 0 amide bonds. The molecule has 1 saturated heterocycles. The molecule has 1 fully saturated rings. The van der Waals surface area contributed by atoms with Gasteiger partial charge < -0.3 is 15.2 Å². The Kier molecular flexibility index (Phi) is 4.20. The van der Waals surface area contributed by atoms with Crippen LogP contribution in [0.2, 0.25) is 0 Å². The lowest BCUT2D eigenvalue weighted by Crippen LogP contribution is -2.38. The van der Waals surface area contributed by atoms with Gasteiger partial charge in [0.1, 0.15) is 17.4 Å². The van der Waals surface area contributed by atoms with E-state index in [0.29, 0.717) is 24.7 Å². The third-order valence-corrected chi connectivity index (χ3v) is 4.79.